The van der Waals surface area contributed by atoms with Crippen molar-refractivity contribution in [2.75, 3.05) is 0 Å². The van der Waals surface area contributed by atoms with Gasteiger partial charge in [0.15, 0.2) is 0 Å². The highest BCUT2D eigenvalue weighted by Gasteiger charge is 2.20. The van der Waals surface area contributed by atoms with E-state index in [9.17, 15) is 12.8 Å². The fourth-order valence-electron chi connectivity index (χ4n) is 1.82. The Bertz CT molecular complexity index is 831. The summed E-state index contributed by atoms with van der Waals surface area (Å²) < 4.78 is 37.6. The van der Waals surface area contributed by atoms with Crippen molar-refractivity contribution in [3.63, 3.8) is 0 Å². The maximum absolute atomic E-state index is 12.9. The van der Waals surface area contributed by atoms with Gasteiger partial charge in [-0.15, -0.1) is 0 Å². The highest BCUT2D eigenvalue weighted by molar-refractivity contribution is 7.95. The molecule has 2 aromatic carbocycles. The van der Waals surface area contributed by atoms with Gasteiger partial charge in [-0.2, -0.15) is 5.26 Å². The van der Waals surface area contributed by atoms with Crippen LogP contribution in [0, 0.1) is 24.1 Å². The Morgan fingerprint density at radius 1 is 1.19 bits per heavy atom. The van der Waals surface area contributed by atoms with Crippen molar-refractivity contribution in [3.8, 4) is 6.07 Å². The van der Waals surface area contributed by atoms with Crippen molar-refractivity contribution in [1.82, 2.24) is 0 Å². The van der Waals surface area contributed by atoms with E-state index in [0.29, 0.717) is 5.56 Å². The molecular formula is C16H12FNO2S. The first-order chi connectivity index (χ1) is 9.93. The molecular weight excluding hydrogens is 289 g/mol. The fourth-order valence-corrected chi connectivity index (χ4v) is 2.98. The molecule has 0 aliphatic heterocycles. The molecule has 0 amide bonds. The molecule has 0 radical (unpaired) electrons. The largest absolute Gasteiger partial charge is 0.218 e. The number of nitriles is 1. The van der Waals surface area contributed by atoms with Gasteiger partial charge in [0.2, 0.25) is 9.84 Å². The van der Waals surface area contributed by atoms with Crippen LogP contribution in [0.2, 0.25) is 0 Å². The van der Waals surface area contributed by atoms with Crippen LogP contribution in [0.15, 0.2) is 58.3 Å². The molecule has 0 aromatic heterocycles. The van der Waals surface area contributed by atoms with Gasteiger partial charge >= 0.3 is 0 Å². The van der Waals surface area contributed by atoms with Gasteiger partial charge in [0, 0.05) is 0 Å². The van der Waals surface area contributed by atoms with Crippen LogP contribution in [0.25, 0.3) is 6.08 Å². The minimum Gasteiger partial charge on any atom is -0.218 e. The third-order valence-corrected chi connectivity index (χ3v) is 4.54. The Morgan fingerprint density at radius 3 is 2.43 bits per heavy atom. The van der Waals surface area contributed by atoms with Gasteiger partial charge in [-0.3, -0.25) is 0 Å². The smallest absolute Gasteiger partial charge is 0.216 e. The number of rotatable bonds is 3. The molecule has 3 nitrogen and oxygen atoms in total. The van der Waals surface area contributed by atoms with E-state index < -0.39 is 15.7 Å². The van der Waals surface area contributed by atoms with Gasteiger partial charge in [0.25, 0.3) is 0 Å². The summed E-state index contributed by atoms with van der Waals surface area (Å²) in [5.41, 5.74) is 1.58. The zero-order valence-corrected chi connectivity index (χ0v) is 12.1. The molecule has 0 bridgehead atoms. The van der Waals surface area contributed by atoms with Crippen molar-refractivity contribution in [3.05, 3.63) is 70.4 Å². The number of halogens is 1. The van der Waals surface area contributed by atoms with Crippen LogP contribution in [0.3, 0.4) is 0 Å². The van der Waals surface area contributed by atoms with E-state index in [-0.39, 0.29) is 9.80 Å². The molecule has 0 heterocycles. The SMILES string of the molecule is Cc1cccc(/C=C(\C#N)S(=O)(=O)c2ccc(F)cc2)c1. The van der Waals surface area contributed by atoms with Crippen LogP contribution in [0.5, 0.6) is 0 Å². The van der Waals surface area contributed by atoms with Crippen molar-refractivity contribution in [2.24, 2.45) is 0 Å². The lowest BCUT2D eigenvalue weighted by molar-refractivity contribution is 0.601. The Labute approximate surface area is 122 Å². The lowest BCUT2D eigenvalue weighted by Crippen LogP contribution is -2.03. The van der Waals surface area contributed by atoms with Crippen LogP contribution >= 0.6 is 0 Å². The summed E-state index contributed by atoms with van der Waals surface area (Å²) in [4.78, 5) is -0.482. The predicted octanol–water partition coefficient (Wildman–Crippen LogP) is 3.47. The third kappa shape index (κ3) is 3.36. The average Bonchev–Trinajstić information content (AvgIpc) is 2.45. The summed E-state index contributed by atoms with van der Waals surface area (Å²) in [6.45, 7) is 1.87. The van der Waals surface area contributed by atoms with Gasteiger partial charge in [0.05, 0.1) is 4.90 Å². The van der Waals surface area contributed by atoms with Gasteiger partial charge in [-0.05, 0) is 42.8 Å². The second kappa shape index (κ2) is 5.90. The summed E-state index contributed by atoms with van der Waals surface area (Å²) in [5.74, 6) is -0.532. The predicted molar refractivity (Wildman–Crippen MR) is 78.4 cm³/mol. The Hall–Kier alpha value is -2.45. The van der Waals surface area contributed by atoms with Crippen LogP contribution in [-0.2, 0) is 9.84 Å². The molecule has 0 unspecified atom stereocenters. The minimum absolute atomic E-state index is 0.107. The summed E-state index contributed by atoms with van der Waals surface area (Å²) in [6.07, 6.45) is 1.31. The van der Waals surface area contributed by atoms with E-state index in [1.54, 1.807) is 24.3 Å². The number of allylic oxidation sites excluding steroid dienone is 1. The molecule has 0 atom stereocenters. The number of sulfone groups is 1. The zero-order chi connectivity index (χ0) is 15.5. The van der Waals surface area contributed by atoms with E-state index in [0.717, 1.165) is 29.8 Å². The van der Waals surface area contributed by atoms with Gasteiger partial charge in [0.1, 0.15) is 16.8 Å². The van der Waals surface area contributed by atoms with E-state index in [4.69, 9.17) is 5.26 Å². The Morgan fingerprint density at radius 2 is 1.86 bits per heavy atom. The Balaban J connectivity index is 2.50. The highest BCUT2D eigenvalue weighted by Crippen LogP contribution is 2.21. The summed E-state index contributed by atoms with van der Waals surface area (Å²) in [6, 6.07) is 13.2. The summed E-state index contributed by atoms with van der Waals surface area (Å²) in [5, 5.41) is 9.14. The summed E-state index contributed by atoms with van der Waals surface area (Å²) in [7, 11) is -3.95. The minimum atomic E-state index is -3.95. The number of nitrogens with zero attached hydrogens (tertiary/aromatic N) is 1. The van der Waals surface area contributed by atoms with Crippen LogP contribution in [0.4, 0.5) is 4.39 Å². The molecule has 21 heavy (non-hydrogen) atoms. The lowest BCUT2D eigenvalue weighted by atomic mass is 10.1. The molecule has 2 rings (SSSR count). The topological polar surface area (TPSA) is 57.9 Å². The van der Waals surface area contributed by atoms with E-state index >= 15 is 0 Å². The second-order valence-electron chi connectivity index (χ2n) is 4.49. The first kappa shape index (κ1) is 14.9. The highest BCUT2D eigenvalue weighted by atomic mass is 32.2. The quantitative estimate of drug-likeness (QED) is 0.644. The first-order valence-electron chi connectivity index (χ1n) is 6.12. The maximum Gasteiger partial charge on any atom is 0.216 e. The lowest BCUT2D eigenvalue weighted by Gasteiger charge is -2.03. The number of benzene rings is 2. The van der Waals surface area contributed by atoms with Gasteiger partial charge < -0.3 is 0 Å². The van der Waals surface area contributed by atoms with Crippen molar-refractivity contribution in [2.45, 2.75) is 11.8 Å². The second-order valence-corrected chi connectivity index (χ2v) is 6.41. The van der Waals surface area contributed by atoms with Crippen molar-refractivity contribution < 1.29 is 12.8 Å². The average molecular weight is 301 g/mol. The zero-order valence-electron chi connectivity index (χ0n) is 11.2. The van der Waals surface area contributed by atoms with E-state index in [1.165, 1.54) is 6.08 Å². The van der Waals surface area contributed by atoms with Gasteiger partial charge in [-0.25, -0.2) is 12.8 Å². The molecule has 0 N–H and O–H groups in total. The molecule has 0 aliphatic rings. The maximum atomic E-state index is 12.9. The molecule has 0 saturated carbocycles. The van der Waals surface area contributed by atoms with E-state index in [2.05, 4.69) is 0 Å². The molecule has 106 valence electrons. The first-order valence-corrected chi connectivity index (χ1v) is 7.61. The molecule has 0 aliphatic carbocycles. The van der Waals surface area contributed by atoms with Gasteiger partial charge in [-0.1, -0.05) is 29.8 Å². The molecule has 0 spiro atoms. The van der Waals surface area contributed by atoms with E-state index in [1.807, 2.05) is 13.0 Å². The van der Waals surface area contributed by atoms with Crippen molar-refractivity contribution >= 4 is 15.9 Å². The normalized spacial score (nSPS) is 12.0. The fraction of sp³-hybridized carbons (Fsp3) is 0.0625. The van der Waals surface area contributed by atoms with Crippen LogP contribution < -0.4 is 0 Å². The number of hydrogen-bond donors (Lipinski definition) is 0. The van der Waals surface area contributed by atoms with Crippen molar-refractivity contribution in [1.29, 1.82) is 5.26 Å². The monoisotopic (exact) mass is 301 g/mol. The molecule has 5 heteroatoms. The number of hydrogen-bond acceptors (Lipinski definition) is 3. The number of aryl methyl sites for hydroxylation is 1. The third-order valence-electron chi connectivity index (χ3n) is 2.86. The molecule has 0 fully saturated rings. The molecule has 0 saturated heterocycles. The van der Waals surface area contributed by atoms with Crippen LogP contribution in [-0.4, -0.2) is 8.42 Å². The molecule has 2 aromatic rings. The Kier molecular flexibility index (Phi) is 4.20. The summed E-state index contributed by atoms with van der Waals surface area (Å²) >= 11 is 0. The standard InChI is InChI=1S/C16H12FNO2S/c1-12-3-2-4-13(9-12)10-16(11-18)21(19,20)15-7-5-14(17)6-8-15/h2-10H,1H3/b16-10+. The van der Waals surface area contributed by atoms with Crippen LogP contribution in [0.1, 0.15) is 11.1 Å².